The van der Waals surface area contributed by atoms with Gasteiger partial charge in [-0.05, 0) is 60.9 Å². The molecule has 0 fully saturated rings. The number of fused-ring (bicyclic) bond motifs is 1. The average molecular weight is 456 g/mol. The van der Waals surface area contributed by atoms with Crippen LogP contribution in [0.1, 0.15) is 32.0 Å². The zero-order valence-corrected chi connectivity index (χ0v) is 18.1. The first-order valence-electron chi connectivity index (χ1n) is 9.45. The molecule has 1 N–H and O–H groups in total. The molecule has 31 heavy (non-hydrogen) atoms. The summed E-state index contributed by atoms with van der Waals surface area (Å²) in [5, 5.41) is 0.471. The van der Waals surface area contributed by atoms with Crippen molar-refractivity contribution < 1.29 is 18.0 Å². The maximum absolute atomic E-state index is 12.6. The molecule has 0 aliphatic carbocycles. The number of aromatic nitrogens is 1. The van der Waals surface area contributed by atoms with Gasteiger partial charge in [-0.15, -0.1) is 0 Å². The van der Waals surface area contributed by atoms with Gasteiger partial charge in [0.15, 0.2) is 0 Å². The molecule has 2 aromatic carbocycles. The van der Waals surface area contributed by atoms with Crippen LogP contribution in [-0.2, 0) is 16.4 Å². The smallest absolute Gasteiger partial charge is 0.280 e. The molecule has 2 heterocycles. The molecule has 0 radical (unpaired) electrons. The highest BCUT2D eigenvalue weighted by Gasteiger charge is 2.36. The maximum atomic E-state index is 12.6. The van der Waals surface area contributed by atoms with Gasteiger partial charge in [0, 0.05) is 17.8 Å². The Morgan fingerprint density at radius 3 is 2.45 bits per heavy atom. The predicted octanol–water partition coefficient (Wildman–Crippen LogP) is 3.68. The van der Waals surface area contributed by atoms with E-state index < -0.39 is 15.9 Å². The number of anilines is 1. The minimum atomic E-state index is -3.78. The van der Waals surface area contributed by atoms with Crippen molar-refractivity contribution in [1.82, 2.24) is 9.88 Å². The summed E-state index contributed by atoms with van der Waals surface area (Å²) < 4.78 is 27.8. The Balaban J connectivity index is 1.43. The highest BCUT2D eigenvalue weighted by molar-refractivity contribution is 7.92. The summed E-state index contributed by atoms with van der Waals surface area (Å²) in [5.74, 6) is -0.783. The first kappa shape index (κ1) is 21.0. The molecule has 0 spiro atoms. The van der Waals surface area contributed by atoms with Crippen LogP contribution in [-0.4, -0.2) is 36.7 Å². The van der Waals surface area contributed by atoms with Crippen LogP contribution in [0.3, 0.4) is 0 Å². The fourth-order valence-corrected chi connectivity index (χ4v) is 4.49. The number of pyridine rings is 1. The number of halogens is 1. The molecular formula is C22H18ClN3O4S. The summed E-state index contributed by atoms with van der Waals surface area (Å²) in [4.78, 5) is 30.0. The van der Waals surface area contributed by atoms with Crippen molar-refractivity contribution in [2.24, 2.45) is 0 Å². The first-order valence-corrected chi connectivity index (χ1v) is 11.3. The monoisotopic (exact) mass is 455 g/mol. The normalized spacial score (nSPS) is 13.4. The second-order valence-corrected chi connectivity index (χ2v) is 9.21. The lowest BCUT2D eigenvalue weighted by Crippen LogP contribution is -2.31. The second-order valence-electron chi connectivity index (χ2n) is 7.12. The lowest BCUT2D eigenvalue weighted by atomic mass is 10.1. The van der Waals surface area contributed by atoms with E-state index in [2.05, 4.69) is 9.71 Å². The molecule has 7 nitrogen and oxygen atoms in total. The fourth-order valence-electron chi connectivity index (χ4n) is 3.26. The van der Waals surface area contributed by atoms with Gasteiger partial charge in [0.05, 0.1) is 16.1 Å². The minimum Gasteiger partial charge on any atom is -0.280 e. The first-order chi connectivity index (χ1) is 14.8. The zero-order chi connectivity index (χ0) is 22.2. The van der Waals surface area contributed by atoms with Crippen LogP contribution in [0.4, 0.5) is 5.69 Å². The fraction of sp³-hybridized carbons (Fsp3) is 0.136. The number of sulfonamides is 1. The van der Waals surface area contributed by atoms with E-state index in [0.29, 0.717) is 22.7 Å². The Morgan fingerprint density at radius 2 is 1.77 bits per heavy atom. The van der Waals surface area contributed by atoms with Gasteiger partial charge >= 0.3 is 0 Å². The SMILES string of the molecule is Cc1ccc(NS(=O)(=O)c2ccc(CCN3C(=O)c4cccnc4C3=O)cc2)cc1Cl. The molecule has 0 saturated carbocycles. The molecule has 0 atom stereocenters. The van der Waals surface area contributed by atoms with Crippen molar-refractivity contribution in [3.8, 4) is 0 Å². The Morgan fingerprint density at radius 1 is 1.03 bits per heavy atom. The Hall–Kier alpha value is -3.23. The number of benzene rings is 2. The highest BCUT2D eigenvalue weighted by atomic mass is 35.5. The van der Waals surface area contributed by atoms with Gasteiger partial charge in [0.1, 0.15) is 5.69 Å². The van der Waals surface area contributed by atoms with E-state index in [1.165, 1.54) is 18.3 Å². The largest absolute Gasteiger partial charge is 0.280 e. The van der Waals surface area contributed by atoms with Gasteiger partial charge in [-0.2, -0.15) is 0 Å². The molecule has 0 unspecified atom stereocenters. The molecule has 158 valence electrons. The van der Waals surface area contributed by atoms with E-state index in [4.69, 9.17) is 11.6 Å². The van der Waals surface area contributed by atoms with Gasteiger partial charge in [0.2, 0.25) is 0 Å². The van der Waals surface area contributed by atoms with E-state index in [0.717, 1.165) is 16.0 Å². The minimum absolute atomic E-state index is 0.0953. The number of carbonyl (C=O) groups is 2. The maximum Gasteiger partial charge on any atom is 0.280 e. The summed E-state index contributed by atoms with van der Waals surface area (Å²) in [6.07, 6.45) is 1.87. The number of hydrogen-bond acceptors (Lipinski definition) is 5. The van der Waals surface area contributed by atoms with Crippen LogP contribution in [0.25, 0.3) is 0 Å². The number of nitrogens with one attached hydrogen (secondary N) is 1. The van der Waals surface area contributed by atoms with Gasteiger partial charge in [-0.25, -0.2) is 8.42 Å². The number of nitrogens with zero attached hydrogens (tertiary/aromatic N) is 2. The number of aryl methyl sites for hydroxylation is 1. The van der Waals surface area contributed by atoms with Crippen LogP contribution >= 0.6 is 11.6 Å². The molecule has 1 aliphatic heterocycles. The van der Waals surface area contributed by atoms with Crippen molar-refractivity contribution in [2.45, 2.75) is 18.2 Å². The molecule has 0 bridgehead atoms. The highest BCUT2D eigenvalue weighted by Crippen LogP contribution is 2.24. The quantitative estimate of drug-likeness (QED) is 0.572. The van der Waals surface area contributed by atoms with Gasteiger partial charge in [-0.3, -0.25) is 24.2 Å². The van der Waals surface area contributed by atoms with Crippen LogP contribution < -0.4 is 4.72 Å². The van der Waals surface area contributed by atoms with Gasteiger partial charge in [0.25, 0.3) is 21.8 Å². The van der Waals surface area contributed by atoms with Crippen LogP contribution in [0, 0.1) is 6.92 Å². The second kappa shape index (κ2) is 8.13. The van der Waals surface area contributed by atoms with Crippen LogP contribution in [0.5, 0.6) is 0 Å². The Labute approximate surface area is 184 Å². The summed E-state index contributed by atoms with van der Waals surface area (Å²) in [5.41, 5.74) is 2.48. The van der Waals surface area contributed by atoms with Crippen LogP contribution in [0.2, 0.25) is 5.02 Å². The Kier molecular flexibility index (Phi) is 5.51. The van der Waals surface area contributed by atoms with Crippen molar-refractivity contribution in [3.05, 3.63) is 88.2 Å². The number of imide groups is 1. The van der Waals surface area contributed by atoms with Crippen molar-refractivity contribution >= 4 is 39.1 Å². The van der Waals surface area contributed by atoms with E-state index >= 15 is 0 Å². The molecule has 9 heteroatoms. The molecule has 3 aromatic rings. The molecular weight excluding hydrogens is 438 g/mol. The third-order valence-electron chi connectivity index (χ3n) is 5.01. The molecule has 1 aromatic heterocycles. The lowest BCUT2D eigenvalue weighted by molar-refractivity contribution is 0.0654. The van der Waals surface area contributed by atoms with Gasteiger partial charge in [-0.1, -0.05) is 29.8 Å². The van der Waals surface area contributed by atoms with Crippen molar-refractivity contribution in [2.75, 3.05) is 11.3 Å². The summed E-state index contributed by atoms with van der Waals surface area (Å²) in [6, 6.07) is 14.4. The topological polar surface area (TPSA) is 96.4 Å². The third kappa shape index (κ3) is 4.17. The van der Waals surface area contributed by atoms with Crippen LogP contribution in [0.15, 0.2) is 65.7 Å². The number of carbonyl (C=O) groups excluding carboxylic acids is 2. The number of rotatable bonds is 6. The molecule has 4 rings (SSSR count). The summed E-state index contributed by atoms with van der Waals surface area (Å²) >= 11 is 6.06. The number of hydrogen-bond donors (Lipinski definition) is 1. The Bertz CT molecular complexity index is 1260. The van der Waals surface area contributed by atoms with E-state index in [-0.39, 0.29) is 23.0 Å². The predicted molar refractivity (Wildman–Crippen MR) is 117 cm³/mol. The van der Waals surface area contributed by atoms with Crippen molar-refractivity contribution in [3.63, 3.8) is 0 Å². The zero-order valence-electron chi connectivity index (χ0n) is 16.5. The summed E-state index contributed by atoms with van der Waals surface area (Å²) in [7, 11) is -3.78. The third-order valence-corrected chi connectivity index (χ3v) is 6.82. The average Bonchev–Trinajstić information content (AvgIpc) is 2.99. The van der Waals surface area contributed by atoms with E-state index in [9.17, 15) is 18.0 Å². The molecule has 0 saturated heterocycles. The van der Waals surface area contributed by atoms with E-state index in [1.54, 1.807) is 42.5 Å². The molecule has 1 aliphatic rings. The van der Waals surface area contributed by atoms with Gasteiger partial charge < -0.3 is 0 Å². The summed E-state index contributed by atoms with van der Waals surface area (Å²) in [6.45, 7) is 2.01. The standard InChI is InChI=1S/C22H18ClN3O4S/c1-14-4-7-16(13-19(14)23)25-31(29,30)17-8-5-15(6-9-17)10-12-26-21(27)18-3-2-11-24-20(18)22(26)28/h2-9,11,13,25H,10,12H2,1H3. The molecule has 2 amide bonds. The lowest BCUT2D eigenvalue weighted by Gasteiger charge is -2.14. The number of amides is 2. The van der Waals surface area contributed by atoms with Crippen molar-refractivity contribution in [1.29, 1.82) is 0 Å². The van der Waals surface area contributed by atoms with E-state index in [1.807, 2.05) is 6.92 Å².